The third-order valence-electron chi connectivity index (χ3n) is 4.82. The molecule has 3 rings (SSSR count). The van der Waals surface area contributed by atoms with Crippen LogP contribution in [0.4, 0.5) is 5.69 Å². The quantitative estimate of drug-likeness (QED) is 0.544. The molecule has 0 saturated carbocycles. The number of carboxylic acids is 1. The van der Waals surface area contributed by atoms with Crippen molar-refractivity contribution in [3.63, 3.8) is 0 Å². The van der Waals surface area contributed by atoms with Crippen molar-refractivity contribution in [3.05, 3.63) is 72.3 Å². The van der Waals surface area contributed by atoms with Crippen molar-refractivity contribution in [2.24, 2.45) is 0 Å². The first-order valence-electron chi connectivity index (χ1n) is 9.50. The second-order valence-corrected chi connectivity index (χ2v) is 6.68. The first-order chi connectivity index (χ1) is 14.6. The van der Waals surface area contributed by atoms with Gasteiger partial charge in [0.05, 0.1) is 21.3 Å². The van der Waals surface area contributed by atoms with Crippen molar-refractivity contribution in [1.29, 1.82) is 0 Å². The van der Waals surface area contributed by atoms with E-state index in [9.17, 15) is 9.90 Å². The summed E-state index contributed by atoms with van der Waals surface area (Å²) in [6.45, 7) is 0. The van der Waals surface area contributed by atoms with Crippen LogP contribution >= 0.6 is 0 Å². The molecule has 156 valence electrons. The molecule has 0 radical (unpaired) electrons. The van der Waals surface area contributed by atoms with Crippen LogP contribution in [0.3, 0.4) is 0 Å². The first kappa shape index (κ1) is 21.0. The molecule has 0 amide bonds. The van der Waals surface area contributed by atoms with Crippen LogP contribution in [0.25, 0.3) is 11.1 Å². The molecule has 0 aromatic heterocycles. The van der Waals surface area contributed by atoms with Gasteiger partial charge in [0, 0.05) is 17.7 Å². The minimum Gasteiger partial charge on any atom is -0.493 e. The molecule has 6 heteroatoms. The average Bonchev–Trinajstić information content (AvgIpc) is 2.78. The Kier molecular flexibility index (Phi) is 6.80. The van der Waals surface area contributed by atoms with E-state index < -0.39 is 12.0 Å². The molecule has 0 fully saturated rings. The Morgan fingerprint density at radius 3 is 2.20 bits per heavy atom. The van der Waals surface area contributed by atoms with Crippen molar-refractivity contribution in [1.82, 2.24) is 0 Å². The van der Waals surface area contributed by atoms with Crippen LogP contribution < -0.4 is 19.5 Å². The van der Waals surface area contributed by atoms with E-state index >= 15 is 0 Å². The van der Waals surface area contributed by atoms with Gasteiger partial charge in [-0.3, -0.25) is 0 Å². The Labute approximate surface area is 176 Å². The Morgan fingerprint density at radius 1 is 0.867 bits per heavy atom. The summed E-state index contributed by atoms with van der Waals surface area (Å²) in [4.78, 5) is 12.0. The number of carboxylic acid groups (broad SMARTS) is 1. The molecule has 6 nitrogen and oxygen atoms in total. The van der Waals surface area contributed by atoms with E-state index in [2.05, 4.69) is 5.32 Å². The summed E-state index contributed by atoms with van der Waals surface area (Å²) in [6.07, 6.45) is 0.203. The minimum atomic E-state index is -0.961. The molecule has 3 aromatic carbocycles. The lowest BCUT2D eigenvalue weighted by Crippen LogP contribution is -2.31. The number of hydrogen-bond donors (Lipinski definition) is 2. The number of anilines is 1. The lowest BCUT2D eigenvalue weighted by molar-refractivity contribution is -0.137. The zero-order valence-corrected chi connectivity index (χ0v) is 17.2. The lowest BCUT2D eigenvalue weighted by atomic mass is 10.0. The molecular formula is C24H25NO5. The average molecular weight is 407 g/mol. The van der Waals surface area contributed by atoms with E-state index in [-0.39, 0.29) is 6.42 Å². The van der Waals surface area contributed by atoms with Gasteiger partial charge < -0.3 is 24.6 Å². The summed E-state index contributed by atoms with van der Waals surface area (Å²) < 4.78 is 16.2. The number of hydrogen-bond acceptors (Lipinski definition) is 5. The summed E-state index contributed by atoms with van der Waals surface area (Å²) in [5, 5.41) is 12.9. The van der Waals surface area contributed by atoms with Crippen molar-refractivity contribution in [2.45, 2.75) is 12.5 Å². The SMILES string of the molecule is COc1ccc(CC(Nc2cccc(-c3ccccc3)c2)C(=O)O)c(OC)c1OC. The molecule has 0 aliphatic heterocycles. The zero-order valence-electron chi connectivity index (χ0n) is 17.2. The second-order valence-electron chi connectivity index (χ2n) is 6.68. The number of methoxy groups -OCH3 is 3. The van der Waals surface area contributed by atoms with Crippen LogP contribution in [0.1, 0.15) is 5.56 Å². The van der Waals surface area contributed by atoms with Gasteiger partial charge in [-0.1, -0.05) is 48.5 Å². The molecule has 0 saturated heterocycles. The summed E-state index contributed by atoms with van der Waals surface area (Å²) in [5.74, 6) is 0.459. The van der Waals surface area contributed by atoms with Gasteiger partial charge in [0.25, 0.3) is 0 Å². The van der Waals surface area contributed by atoms with Crippen LogP contribution in [0.2, 0.25) is 0 Å². The third kappa shape index (κ3) is 4.66. The van der Waals surface area contributed by atoms with Crippen LogP contribution in [0.5, 0.6) is 17.2 Å². The molecule has 0 heterocycles. The van der Waals surface area contributed by atoms with E-state index in [0.717, 1.165) is 16.8 Å². The molecule has 1 atom stereocenters. The van der Waals surface area contributed by atoms with E-state index in [0.29, 0.717) is 22.8 Å². The third-order valence-corrected chi connectivity index (χ3v) is 4.82. The fourth-order valence-corrected chi connectivity index (χ4v) is 3.36. The van der Waals surface area contributed by atoms with Gasteiger partial charge in [0.1, 0.15) is 6.04 Å². The molecule has 3 aromatic rings. The van der Waals surface area contributed by atoms with E-state index in [1.165, 1.54) is 21.3 Å². The lowest BCUT2D eigenvalue weighted by Gasteiger charge is -2.20. The molecule has 1 unspecified atom stereocenters. The number of rotatable bonds is 9. The Balaban J connectivity index is 1.87. The van der Waals surface area contributed by atoms with Crippen LogP contribution in [-0.2, 0) is 11.2 Å². The van der Waals surface area contributed by atoms with Crippen molar-refractivity contribution in [2.75, 3.05) is 26.6 Å². The topological polar surface area (TPSA) is 77.0 Å². The van der Waals surface area contributed by atoms with Gasteiger partial charge in [-0.2, -0.15) is 0 Å². The summed E-state index contributed by atoms with van der Waals surface area (Å²) in [6, 6.07) is 20.3. The maximum atomic E-state index is 12.0. The number of ether oxygens (including phenoxy) is 3. The number of aliphatic carboxylic acids is 1. The molecule has 0 spiro atoms. The Bertz CT molecular complexity index is 1000. The largest absolute Gasteiger partial charge is 0.493 e. The highest BCUT2D eigenvalue weighted by molar-refractivity contribution is 5.79. The first-order valence-corrected chi connectivity index (χ1v) is 9.50. The van der Waals surface area contributed by atoms with Crippen LogP contribution in [-0.4, -0.2) is 38.4 Å². The predicted octanol–water partition coefficient (Wildman–Crippen LogP) is 4.49. The van der Waals surface area contributed by atoms with E-state index in [1.54, 1.807) is 12.1 Å². The summed E-state index contributed by atoms with van der Waals surface area (Å²) in [7, 11) is 4.58. The van der Waals surface area contributed by atoms with Gasteiger partial charge in [0.2, 0.25) is 5.75 Å². The van der Waals surface area contributed by atoms with Gasteiger partial charge in [-0.25, -0.2) is 4.79 Å². The predicted molar refractivity (Wildman–Crippen MR) is 117 cm³/mol. The van der Waals surface area contributed by atoms with Gasteiger partial charge in [0.15, 0.2) is 11.5 Å². The molecule has 0 aliphatic carbocycles. The van der Waals surface area contributed by atoms with Gasteiger partial charge in [-0.15, -0.1) is 0 Å². The monoisotopic (exact) mass is 407 g/mol. The molecule has 2 N–H and O–H groups in total. The fraction of sp³-hybridized carbons (Fsp3) is 0.208. The van der Waals surface area contributed by atoms with E-state index in [4.69, 9.17) is 14.2 Å². The van der Waals surface area contributed by atoms with Gasteiger partial charge >= 0.3 is 5.97 Å². The molecule has 0 aliphatic rings. The maximum Gasteiger partial charge on any atom is 0.326 e. The Hall–Kier alpha value is -3.67. The van der Waals surface area contributed by atoms with Gasteiger partial charge in [-0.05, 0) is 29.3 Å². The maximum absolute atomic E-state index is 12.0. The Morgan fingerprint density at radius 2 is 1.57 bits per heavy atom. The van der Waals surface area contributed by atoms with Crippen LogP contribution in [0, 0.1) is 0 Å². The number of benzene rings is 3. The summed E-state index contributed by atoms with van der Waals surface area (Å²) in [5.41, 5.74) is 3.50. The smallest absolute Gasteiger partial charge is 0.326 e. The highest BCUT2D eigenvalue weighted by Crippen LogP contribution is 2.40. The fourth-order valence-electron chi connectivity index (χ4n) is 3.36. The normalized spacial score (nSPS) is 11.4. The van der Waals surface area contributed by atoms with Crippen molar-refractivity contribution in [3.8, 4) is 28.4 Å². The number of nitrogens with one attached hydrogen (secondary N) is 1. The molecule has 0 bridgehead atoms. The number of carbonyl (C=O) groups is 1. The van der Waals surface area contributed by atoms with Crippen molar-refractivity contribution < 1.29 is 24.1 Å². The highest BCUT2D eigenvalue weighted by atomic mass is 16.5. The second kappa shape index (κ2) is 9.69. The van der Waals surface area contributed by atoms with Crippen molar-refractivity contribution >= 4 is 11.7 Å². The van der Waals surface area contributed by atoms with Crippen LogP contribution in [0.15, 0.2) is 66.7 Å². The highest BCUT2D eigenvalue weighted by Gasteiger charge is 2.23. The standard InChI is InChI=1S/C24H25NO5/c1-28-21-13-12-18(22(29-2)23(21)30-3)15-20(24(26)27)25-19-11-7-10-17(14-19)16-8-5-4-6-9-16/h4-14,20,25H,15H2,1-3H3,(H,26,27). The molecule has 30 heavy (non-hydrogen) atoms. The minimum absolute atomic E-state index is 0.203. The summed E-state index contributed by atoms with van der Waals surface area (Å²) >= 11 is 0. The molecular weight excluding hydrogens is 382 g/mol. The zero-order chi connectivity index (χ0) is 21.5. The van der Waals surface area contributed by atoms with E-state index in [1.807, 2.05) is 54.6 Å².